The molecule has 0 fully saturated rings. The summed E-state index contributed by atoms with van der Waals surface area (Å²) < 4.78 is 38.3. The van der Waals surface area contributed by atoms with Crippen molar-refractivity contribution < 1.29 is 22.7 Å². The summed E-state index contributed by atoms with van der Waals surface area (Å²) in [4.78, 5) is 12.3. The Kier molecular flexibility index (Phi) is 6.81. The van der Waals surface area contributed by atoms with E-state index in [0.717, 1.165) is 11.1 Å². The van der Waals surface area contributed by atoms with Gasteiger partial charge >= 0.3 is 0 Å². The fourth-order valence-corrected chi connectivity index (χ4v) is 3.86. The normalized spacial score (nSPS) is 10.9. The summed E-state index contributed by atoms with van der Waals surface area (Å²) >= 11 is 0. The second-order valence-corrected chi connectivity index (χ2v) is 8.67. The number of carbonyl (C=O) groups is 1. The molecular formula is C23H24N2O5S. The molecule has 0 atom stereocenters. The van der Waals surface area contributed by atoms with Crippen molar-refractivity contribution in [2.75, 3.05) is 23.8 Å². The van der Waals surface area contributed by atoms with Gasteiger partial charge in [-0.05, 0) is 67.9 Å². The lowest BCUT2D eigenvalue weighted by Crippen LogP contribution is -2.20. The summed E-state index contributed by atoms with van der Waals surface area (Å²) in [5.41, 5.74) is 3.05. The van der Waals surface area contributed by atoms with Crippen molar-refractivity contribution in [3.05, 3.63) is 77.9 Å². The molecule has 2 N–H and O–H groups in total. The number of benzene rings is 3. The molecule has 7 nitrogen and oxygen atoms in total. The van der Waals surface area contributed by atoms with Gasteiger partial charge in [0, 0.05) is 5.69 Å². The highest BCUT2D eigenvalue weighted by atomic mass is 32.2. The van der Waals surface area contributed by atoms with Crippen molar-refractivity contribution in [1.29, 1.82) is 0 Å². The molecule has 0 aliphatic heterocycles. The van der Waals surface area contributed by atoms with Gasteiger partial charge in [0.25, 0.3) is 15.9 Å². The van der Waals surface area contributed by atoms with E-state index < -0.39 is 10.0 Å². The topological polar surface area (TPSA) is 93.7 Å². The van der Waals surface area contributed by atoms with Crippen molar-refractivity contribution in [3.63, 3.8) is 0 Å². The number of rotatable bonds is 8. The number of methoxy groups -OCH3 is 1. The van der Waals surface area contributed by atoms with Gasteiger partial charge in [0.1, 0.15) is 11.5 Å². The zero-order valence-corrected chi connectivity index (χ0v) is 18.3. The largest absolute Gasteiger partial charge is 0.495 e. The summed E-state index contributed by atoms with van der Waals surface area (Å²) in [7, 11) is -2.20. The van der Waals surface area contributed by atoms with E-state index in [4.69, 9.17) is 9.47 Å². The molecule has 3 aromatic carbocycles. The zero-order chi connectivity index (χ0) is 22.4. The highest BCUT2D eigenvalue weighted by Crippen LogP contribution is 2.25. The minimum absolute atomic E-state index is 0.0920. The molecule has 1 amide bonds. The van der Waals surface area contributed by atoms with E-state index in [0.29, 0.717) is 22.9 Å². The third kappa shape index (κ3) is 5.99. The van der Waals surface area contributed by atoms with Crippen molar-refractivity contribution in [2.24, 2.45) is 0 Å². The molecule has 0 saturated heterocycles. The van der Waals surface area contributed by atoms with Gasteiger partial charge in [0.2, 0.25) is 0 Å². The van der Waals surface area contributed by atoms with Gasteiger partial charge in [-0.15, -0.1) is 0 Å². The molecule has 0 saturated carbocycles. The zero-order valence-electron chi connectivity index (χ0n) is 17.5. The number of aryl methyl sites for hydroxylation is 2. The van der Waals surface area contributed by atoms with E-state index in [1.165, 1.54) is 31.4 Å². The number of nitrogens with one attached hydrogen (secondary N) is 2. The number of anilines is 2. The van der Waals surface area contributed by atoms with E-state index >= 15 is 0 Å². The van der Waals surface area contributed by atoms with Crippen LogP contribution in [-0.4, -0.2) is 28.0 Å². The lowest BCUT2D eigenvalue weighted by atomic mass is 10.2. The summed E-state index contributed by atoms with van der Waals surface area (Å²) in [5.74, 6) is 0.567. The Bertz CT molecular complexity index is 1160. The molecule has 0 radical (unpaired) electrons. The average Bonchev–Trinajstić information content (AvgIpc) is 2.74. The van der Waals surface area contributed by atoms with Gasteiger partial charge in [0.15, 0.2) is 6.61 Å². The van der Waals surface area contributed by atoms with E-state index in [-0.39, 0.29) is 17.4 Å². The smallest absolute Gasteiger partial charge is 0.262 e. The number of sulfonamides is 1. The van der Waals surface area contributed by atoms with E-state index in [9.17, 15) is 13.2 Å². The number of amides is 1. The molecule has 8 heteroatoms. The first-order valence-corrected chi connectivity index (χ1v) is 11.0. The molecule has 162 valence electrons. The van der Waals surface area contributed by atoms with Crippen LogP contribution in [0.15, 0.2) is 71.6 Å². The van der Waals surface area contributed by atoms with Crippen LogP contribution >= 0.6 is 0 Å². The van der Waals surface area contributed by atoms with E-state index in [1.807, 2.05) is 32.0 Å². The number of hydrogen-bond donors (Lipinski definition) is 2. The SMILES string of the molecule is COc1ccc(C)cc1NC(=O)COc1ccc(S(=O)(=O)Nc2ccc(C)cc2)cc1. The lowest BCUT2D eigenvalue weighted by molar-refractivity contribution is -0.118. The Balaban J connectivity index is 1.59. The molecule has 0 aromatic heterocycles. The van der Waals surface area contributed by atoms with Crippen LogP contribution in [0.4, 0.5) is 11.4 Å². The predicted octanol–water partition coefficient (Wildman–Crippen LogP) is 4.13. The minimum atomic E-state index is -3.73. The third-order valence-corrected chi connectivity index (χ3v) is 5.83. The molecular weight excluding hydrogens is 416 g/mol. The standard InChI is InChI=1S/C23H24N2O5S/c1-16-4-7-18(8-5-16)25-31(27,28)20-11-9-19(10-12-20)30-15-23(26)24-21-14-17(2)6-13-22(21)29-3/h4-14,25H,15H2,1-3H3,(H,24,26). The number of carbonyl (C=O) groups excluding carboxylic acids is 1. The van der Waals surface area contributed by atoms with Gasteiger partial charge in [-0.1, -0.05) is 23.8 Å². The van der Waals surface area contributed by atoms with Gasteiger partial charge in [0.05, 0.1) is 17.7 Å². The van der Waals surface area contributed by atoms with E-state index in [2.05, 4.69) is 10.0 Å². The van der Waals surface area contributed by atoms with Crippen LogP contribution in [0.2, 0.25) is 0 Å². The molecule has 0 aliphatic rings. The van der Waals surface area contributed by atoms with E-state index in [1.54, 1.807) is 24.3 Å². The quantitative estimate of drug-likeness (QED) is 0.549. The first-order chi connectivity index (χ1) is 14.8. The van der Waals surface area contributed by atoms with Crippen LogP contribution < -0.4 is 19.5 Å². The Morgan fingerprint density at radius 2 is 1.55 bits per heavy atom. The summed E-state index contributed by atoms with van der Waals surface area (Å²) in [5, 5.41) is 2.74. The molecule has 3 aromatic rings. The lowest BCUT2D eigenvalue weighted by Gasteiger charge is -2.12. The van der Waals surface area contributed by atoms with Crippen molar-refractivity contribution in [2.45, 2.75) is 18.7 Å². The van der Waals surface area contributed by atoms with Gasteiger partial charge in [-0.3, -0.25) is 9.52 Å². The molecule has 3 rings (SSSR count). The average molecular weight is 441 g/mol. The Hall–Kier alpha value is -3.52. The minimum Gasteiger partial charge on any atom is -0.495 e. The fraction of sp³-hybridized carbons (Fsp3) is 0.174. The highest BCUT2D eigenvalue weighted by molar-refractivity contribution is 7.92. The molecule has 31 heavy (non-hydrogen) atoms. The van der Waals surface area contributed by atoms with Crippen molar-refractivity contribution in [3.8, 4) is 11.5 Å². The number of hydrogen-bond acceptors (Lipinski definition) is 5. The van der Waals surface area contributed by atoms with Crippen LogP contribution in [0.25, 0.3) is 0 Å². The van der Waals surface area contributed by atoms with Gasteiger partial charge < -0.3 is 14.8 Å². The Morgan fingerprint density at radius 3 is 2.19 bits per heavy atom. The third-order valence-electron chi connectivity index (χ3n) is 4.44. The second-order valence-electron chi connectivity index (χ2n) is 6.98. The van der Waals surface area contributed by atoms with Crippen LogP contribution in [0.5, 0.6) is 11.5 Å². The van der Waals surface area contributed by atoms with Crippen LogP contribution in [-0.2, 0) is 14.8 Å². The first kappa shape index (κ1) is 22.2. The van der Waals surface area contributed by atoms with Crippen molar-refractivity contribution >= 4 is 27.3 Å². The molecule has 0 bridgehead atoms. The summed E-state index contributed by atoms with van der Waals surface area (Å²) in [6.07, 6.45) is 0. The maximum Gasteiger partial charge on any atom is 0.262 e. The molecule has 0 unspecified atom stereocenters. The van der Waals surface area contributed by atoms with Crippen molar-refractivity contribution in [1.82, 2.24) is 0 Å². The first-order valence-electron chi connectivity index (χ1n) is 9.54. The van der Waals surface area contributed by atoms with Crippen LogP contribution in [0, 0.1) is 13.8 Å². The highest BCUT2D eigenvalue weighted by Gasteiger charge is 2.15. The van der Waals surface area contributed by atoms with Crippen LogP contribution in [0.3, 0.4) is 0 Å². The molecule has 0 heterocycles. The number of ether oxygens (including phenoxy) is 2. The van der Waals surface area contributed by atoms with Gasteiger partial charge in [-0.25, -0.2) is 8.42 Å². The van der Waals surface area contributed by atoms with Crippen LogP contribution in [0.1, 0.15) is 11.1 Å². The second kappa shape index (κ2) is 9.53. The van der Waals surface area contributed by atoms with Gasteiger partial charge in [-0.2, -0.15) is 0 Å². The Morgan fingerprint density at radius 1 is 0.903 bits per heavy atom. The maximum absolute atomic E-state index is 12.5. The molecule has 0 aliphatic carbocycles. The maximum atomic E-state index is 12.5. The monoisotopic (exact) mass is 440 g/mol. The molecule has 0 spiro atoms. The summed E-state index contributed by atoms with van der Waals surface area (Å²) in [6, 6.07) is 18.4. The summed E-state index contributed by atoms with van der Waals surface area (Å²) in [6.45, 7) is 3.61. The predicted molar refractivity (Wildman–Crippen MR) is 120 cm³/mol. The Labute approximate surface area is 182 Å². The fourth-order valence-electron chi connectivity index (χ4n) is 2.81.